The Labute approximate surface area is 165 Å². The number of aryl methyl sites for hydroxylation is 1. The van der Waals surface area contributed by atoms with Gasteiger partial charge in [-0.3, -0.25) is 4.98 Å². The maximum absolute atomic E-state index is 6.42. The number of nitrogens with zero attached hydrogens (tertiary/aromatic N) is 4. The largest absolute Gasteiger partial charge is 0.368 e. The number of hydrogen-bond acceptors (Lipinski definition) is 5. The van der Waals surface area contributed by atoms with Gasteiger partial charge in [-0.1, -0.05) is 35.9 Å². The van der Waals surface area contributed by atoms with Gasteiger partial charge in [0.1, 0.15) is 11.5 Å². The molecule has 3 aromatic rings. The summed E-state index contributed by atoms with van der Waals surface area (Å²) in [5.74, 6) is 1.45. The first-order valence-corrected chi connectivity index (χ1v) is 9.26. The van der Waals surface area contributed by atoms with E-state index < -0.39 is 0 Å². The third-order valence-corrected chi connectivity index (χ3v) is 4.98. The van der Waals surface area contributed by atoms with Gasteiger partial charge in [0.25, 0.3) is 0 Å². The third kappa shape index (κ3) is 4.43. The lowest BCUT2D eigenvalue weighted by molar-refractivity contribution is 0.311. The predicted molar refractivity (Wildman–Crippen MR) is 111 cm³/mol. The van der Waals surface area contributed by atoms with Crippen molar-refractivity contribution in [1.82, 2.24) is 19.9 Å². The molecule has 27 heavy (non-hydrogen) atoms. The first kappa shape index (κ1) is 19.3. The third-order valence-electron chi connectivity index (χ3n) is 4.63. The van der Waals surface area contributed by atoms with Crippen LogP contribution in [0.15, 0.2) is 48.7 Å². The highest BCUT2D eigenvalue weighted by Gasteiger charge is 2.18. The number of aromatic nitrogens is 3. The van der Waals surface area contributed by atoms with Crippen LogP contribution in [0.1, 0.15) is 22.9 Å². The second-order valence-corrected chi connectivity index (χ2v) is 7.11. The quantitative estimate of drug-likeness (QED) is 0.680. The molecular formula is C21H24ClN5. The predicted octanol–water partition coefficient (Wildman–Crippen LogP) is 4.52. The number of nitrogens with one attached hydrogen (secondary N) is 1. The minimum Gasteiger partial charge on any atom is -0.368 e. The SMILES string of the molecule is Cc1nc(-c2ccccn2)nc(NCC(c2ccccc2Cl)N(C)C)c1C. The van der Waals surface area contributed by atoms with Crippen molar-refractivity contribution in [3.05, 3.63) is 70.5 Å². The van der Waals surface area contributed by atoms with Crippen molar-refractivity contribution in [3.63, 3.8) is 0 Å². The van der Waals surface area contributed by atoms with Crippen LogP contribution in [-0.4, -0.2) is 40.5 Å². The molecule has 0 aliphatic carbocycles. The summed E-state index contributed by atoms with van der Waals surface area (Å²) in [4.78, 5) is 15.8. The van der Waals surface area contributed by atoms with E-state index >= 15 is 0 Å². The van der Waals surface area contributed by atoms with E-state index in [1.54, 1.807) is 6.20 Å². The maximum atomic E-state index is 6.42. The van der Waals surface area contributed by atoms with Crippen LogP contribution in [0.25, 0.3) is 11.5 Å². The van der Waals surface area contributed by atoms with Gasteiger partial charge in [-0.05, 0) is 51.7 Å². The molecule has 1 atom stereocenters. The lowest BCUT2D eigenvalue weighted by atomic mass is 10.1. The topological polar surface area (TPSA) is 53.9 Å². The van der Waals surface area contributed by atoms with Gasteiger partial charge < -0.3 is 10.2 Å². The molecule has 0 saturated carbocycles. The summed E-state index contributed by atoms with van der Waals surface area (Å²) in [7, 11) is 4.10. The summed E-state index contributed by atoms with van der Waals surface area (Å²) in [5.41, 5.74) is 3.82. The number of halogens is 1. The van der Waals surface area contributed by atoms with Crippen molar-refractivity contribution in [2.75, 3.05) is 26.0 Å². The monoisotopic (exact) mass is 381 g/mol. The van der Waals surface area contributed by atoms with Crippen molar-refractivity contribution in [2.24, 2.45) is 0 Å². The van der Waals surface area contributed by atoms with E-state index in [-0.39, 0.29) is 6.04 Å². The Morgan fingerprint density at radius 1 is 1.04 bits per heavy atom. The molecular weight excluding hydrogens is 358 g/mol. The van der Waals surface area contributed by atoms with Crippen molar-refractivity contribution < 1.29 is 0 Å². The Balaban J connectivity index is 1.88. The Morgan fingerprint density at radius 3 is 2.44 bits per heavy atom. The number of benzene rings is 1. The molecule has 3 rings (SSSR count). The van der Waals surface area contributed by atoms with Crippen molar-refractivity contribution in [3.8, 4) is 11.5 Å². The first-order chi connectivity index (χ1) is 13.0. The van der Waals surface area contributed by atoms with Gasteiger partial charge in [0.15, 0.2) is 5.82 Å². The molecule has 6 heteroatoms. The molecule has 0 spiro atoms. The summed E-state index contributed by atoms with van der Waals surface area (Å²) >= 11 is 6.42. The number of likely N-dealkylation sites (N-methyl/N-ethyl adjacent to an activating group) is 1. The molecule has 2 heterocycles. The van der Waals surface area contributed by atoms with E-state index in [2.05, 4.69) is 26.3 Å². The second-order valence-electron chi connectivity index (χ2n) is 6.70. The molecule has 0 aliphatic heterocycles. The average Bonchev–Trinajstić information content (AvgIpc) is 2.66. The summed E-state index contributed by atoms with van der Waals surface area (Å²) in [6.07, 6.45) is 1.75. The number of hydrogen-bond donors (Lipinski definition) is 1. The standard InChI is InChI=1S/C21H24ClN5/c1-14-15(2)25-21(18-11-7-8-12-23-18)26-20(14)24-13-19(27(3)4)16-9-5-6-10-17(16)22/h5-12,19H,13H2,1-4H3,(H,24,25,26). The highest BCUT2D eigenvalue weighted by atomic mass is 35.5. The molecule has 0 radical (unpaired) electrons. The van der Waals surface area contributed by atoms with Crippen molar-refractivity contribution in [2.45, 2.75) is 19.9 Å². The smallest absolute Gasteiger partial charge is 0.180 e. The van der Waals surface area contributed by atoms with E-state index in [9.17, 15) is 0 Å². The van der Waals surface area contributed by atoms with E-state index in [0.717, 1.165) is 33.4 Å². The van der Waals surface area contributed by atoms with Gasteiger partial charge in [-0.15, -0.1) is 0 Å². The zero-order valence-electron chi connectivity index (χ0n) is 16.1. The Bertz CT molecular complexity index is 912. The second kappa shape index (κ2) is 8.46. The maximum Gasteiger partial charge on any atom is 0.180 e. The zero-order valence-corrected chi connectivity index (χ0v) is 16.8. The molecule has 1 aromatic carbocycles. The molecule has 2 aromatic heterocycles. The lowest BCUT2D eigenvalue weighted by Gasteiger charge is -2.26. The Kier molecular flexibility index (Phi) is 6.04. The van der Waals surface area contributed by atoms with Gasteiger partial charge in [-0.25, -0.2) is 9.97 Å². The Hall–Kier alpha value is -2.50. The highest BCUT2D eigenvalue weighted by Crippen LogP contribution is 2.27. The summed E-state index contributed by atoms with van der Waals surface area (Å²) < 4.78 is 0. The summed E-state index contributed by atoms with van der Waals surface area (Å²) in [6, 6.07) is 13.8. The van der Waals surface area contributed by atoms with Gasteiger partial charge in [0.2, 0.25) is 0 Å². The van der Waals surface area contributed by atoms with Crippen LogP contribution < -0.4 is 5.32 Å². The molecule has 0 aliphatic rings. The molecule has 1 N–H and O–H groups in total. The first-order valence-electron chi connectivity index (χ1n) is 8.88. The van der Waals surface area contributed by atoms with Gasteiger partial charge in [-0.2, -0.15) is 0 Å². The van der Waals surface area contributed by atoms with Crippen LogP contribution in [-0.2, 0) is 0 Å². The summed E-state index contributed by atoms with van der Waals surface area (Å²) in [5, 5.41) is 4.26. The molecule has 140 valence electrons. The number of pyridine rings is 1. The van der Waals surface area contributed by atoms with Crippen LogP contribution >= 0.6 is 11.6 Å². The van der Waals surface area contributed by atoms with Crippen LogP contribution in [0.5, 0.6) is 0 Å². The van der Waals surface area contributed by atoms with Crippen molar-refractivity contribution >= 4 is 17.4 Å². The van der Waals surface area contributed by atoms with Crippen LogP contribution in [0.3, 0.4) is 0 Å². The van der Waals surface area contributed by atoms with Crippen LogP contribution in [0, 0.1) is 13.8 Å². The molecule has 0 saturated heterocycles. The van der Waals surface area contributed by atoms with Gasteiger partial charge >= 0.3 is 0 Å². The fourth-order valence-corrected chi connectivity index (χ4v) is 3.18. The molecule has 5 nitrogen and oxygen atoms in total. The van der Waals surface area contributed by atoms with E-state index in [1.165, 1.54) is 0 Å². The van der Waals surface area contributed by atoms with Crippen LogP contribution in [0.4, 0.5) is 5.82 Å². The van der Waals surface area contributed by atoms with Crippen molar-refractivity contribution in [1.29, 1.82) is 0 Å². The Morgan fingerprint density at radius 2 is 1.78 bits per heavy atom. The minimum atomic E-state index is 0.117. The molecule has 0 fully saturated rings. The average molecular weight is 382 g/mol. The van der Waals surface area contributed by atoms with Gasteiger partial charge in [0.05, 0.1) is 6.04 Å². The lowest BCUT2D eigenvalue weighted by Crippen LogP contribution is -2.27. The fourth-order valence-electron chi connectivity index (χ4n) is 2.92. The number of anilines is 1. The molecule has 0 amide bonds. The van der Waals surface area contributed by atoms with Crippen LogP contribution in [0.2, 0.25) is 5.02 Å². The minimum absolute atomic E-state index is 0.117. The van der Waals surface area contributed by atoms with E-state index in [1.807, 2.05) is 64.3 Å². The normalized spacial score (nSPS) is 12.2. The highest BCUT2D eigenvalue weighted by molar-refractivity contribution is 6.31. The van der Waals surface area contributed by atoms with E-state index in [4.69, 9.17) is 16.6 Å². The van der Waals surface area contributed by atoms with E-state index in [0.29, 0.717) is 12.4 Å². The molecule has 1 unspecified atom stereocenters. The zero-order chi connectivity index (χ0) is 19.4. The summed E-state index contributed by atoms with van der Waals surface area (Å²) in [6.45, 7) is 4.70. The fraction of sp³-hybridized carbons (Fsp3) is 0.286. The number of rotatable bonds is 6. The molecule has 0 bridgehead atoms. The van der Waals surface area contributed by atoms with Gasteiger partial charge in [0, 0.05) is 29.0 Å².